The average Bonchev–Trinajstić information content (AvgIpc) is 2.43. The number of hydrogen-bond donors (Lipinski definition) is 0. The van der Waals surface area contributed by atoms with Gasteiger partial charge in [0, 0.05) is 18.1 Å². The fourth-order valence-electron chi connectivity index (χ4n) is 1.83. The summed E-state index contributed by atoms with van der Waals surface area (Å²) in [6, 6.07) is 6.43. The summed E-state index contributed by atoms with van der Waals surface area (Å²) in [6.45, 7) is 6.52. The van der Waals surface area contributed by atoms with Crippen molar-refractivity contribution in [1.82, 2.24) is 9.78 Å². The van der Waals surface area contributed by atoms with E-state index >= 15 is 0 Å². The number of rotatable bonds is 1. The third-order valence-corrected chi connectivity index (χ3v) is 2.81. The van der Waals surface area contributed by atoms with Gasteiger partial charge in [0.25, 0.3) is 0 Å². The van der Waals surface area contributed by atoms with Gasteiger partial charge in [0.05, 0.1) is 5.52 Å². The highest BCUT2D eigenvalue weighted by Gasteiger charge is 2.10. The van der Waals surface area contributed by atoms with Crippen LogP contribution < -0.4 is 0 Å². The molecule has 0 bridgehead atoms. The maximum absolute atomic E-state index is 4.55. The number of aromatic nitrogens is 2. The van der Waals surface area contributed by atoms with Crippen LogP contribution in [0.4, 0.5) is 0 Å². The summed E-state index contributed by atoms with van der Waals surface area (Å²) >= 11 is 0. The summed E-state index contributed by atoms with van der Waals surface area (Å²) in [5.74, 6) is 0.535. The summed E-state index contributed by atoms with van der Waals surface area (Å²) in [7, 11) is 2.00. The van der Waals surface area contributed by atoms with E-state index in [1.54, 1.807) is 0 Å². The van der Waals surface area contributed by atoms with Crippen LogP contribution in [0.25, 0.3) is 10.9 Å². The van der Waals surface area contributed by atoms with Gasteiger partial charge in [0.1, 0.15) is 0 Å². The molecule has 1 heterocycles. The van der Waals surface area contributed by atoms with Gasteiger partial charge in [-0.05, 0) is 18.4 Å². The number of nitrogens with zero attached hydrogens (tertiary/aromatic N) is 2. The molecule has 0 atom stereocenters. The average molecular weight is 188 g/mol. The molecule has 0 saturated heterocycles. The summed E-state index contributed by atoms with van der Waals surface area (Å²) in [5.41, 5.74) is 3.73. The van der Waals surface area contributed by atoms with Crippen LogP contribution in [0, 0.1) is 6.92 Å². The zero-order valence-electron chi connectivity index (χ0n) is 9.20. The number of benzene rings is 1. The largest absolute Gasteiger partial charge is 0.272 e. The maximum atomic E-state index is 4.55. The predicted molar refractivity (Wildman–Crippen MR) is 59.5 cm³/mol. The van der Waals surface area contributed by atoms with Crippen molar-refractivity contribution in [2.24, 2.45) is 7.05 Å². The maximum Gasteiger partial charge on any atom is 0.0960 e. The minimum atomic E-state index is 0.535. The van der Waals surface area contributed by atoms with Crippen molar-refractivity contribution in [3.63, 3.8) is 0 Å². The molecule has 0 radical (unpaired) electrons. The molecule has 2 nitrogen and oxygen atoms in total. The van der Waals surface area contributed by atoms with Crippen molar-refractivity contribution < 1.29 is 0 Å². The quantitative estimate of drug-likeness (QED) is 0.672. The van der Waals surface area contributed by atoms with Crippen LogP contribution in [-0.2, 0) is 7.05 Å². The molecular formula is C12H16N2. The first-order valence-corrected chi connectivity index (χ1v) is 5.03. The van der Waals surface area contributed by atoms with E-state index in [0.717, 1.165) is 5.52 Å². The van der Waals surface area contributed by atoms with Gasteiger partial charge in [0.2, 0.25) is 0 Å². The fourth-order valence-corrected chi connectivity index (χ4v) is 1.83. The Morgan fingerprint density at radius 1 is 1.29 bits per heavy atom. The molecule has 2 aromatic rings. The van der Waals surface area contributed by atoms with E-state index in [0.29, 0.717) is 5.92 Å². The van der Waals surface area contributed by atoms with Crippen molar-refractivity contribution in [2.75, 3.05) is 0 Å². The number of hydrogen-bond acceptors (Lipinski definition) is 1. The van der Waals surface area contributed by atoms with Gasteiger partial charge >= 0.3 is 0 Å². The van der Waals surface area contributed by atoms with Crippen LogP contribution in [0.3, 0.4) is 0 Å². The second-order valence-corrected chi connectivity index (χ2v) is 4.11. The monoisotopic (exact) mass is 188 g/mol. The Labute approximate surface area is 84.5 Å². The first-order valence-electron chi connectivity index (χ1n) is 5.03. The van der Waals surface area contributed by atoms with E-state index in [4.69, 9.17) is 0 Å². The zero-order chi connectivity index (χ0) is 10.3. The van der Waals surface area contributed by atoms with Crippen LogP contribution in [0.15, 0.2) is 18.2 Å². The van der Waals surface area contributed by atoms with Gasteiger partial charge in [-0.25, -0.2) is 0 Å². The summed E-state index contributed by atoms with van der Waals surface area (Å²) in [6.07, 6.45) is 0. The van der Waals surface area contributed by atoms with Crippen molar-refractivity contribution in [3.05, 3.63) is 29.5 Å². The molecule has 1 aromatic carbocycles. The Kier molecular flexibility index (Phi) is 2.06. The molecular weight excluding hydrogens is 172 g/mol. The normalized spacial score (nSPS) is 11.5. The lowest BCUT2D eigenvalue weighted by molar-refractivity contribution is 0.747. The highest BCUT2D eigenvalue weighted by Crippen LogP contribution is 2.25. The molecule has 2 rings (SSSR count). The molecule has 0 fully saturated rings. The first-order chi connectivity index (χ1) is 6.61. The van der Waals surface area contributed by atoms with E-state index in [2.05, 4.69) is 44.1 Å². The molecule has 2 heteroatoms. The van der Waals surface area contributed by atoms with Gasteiger partial charge in [0.15, 0.2) is 0 Å². The Morgan fingerprint density at radius 2 is 2.00 bits per heavy atom. The van der Waals surface area contributed by atoms with E-state index in [-0.39, 0.29) is 0 Å². The lowest BCUT2D eigenvalue weighted by atomic mass is 10.0. The van der Waals surface area contributed by atoms with Gasteiger partial charge in [-0.15, -0.1) is 0 Å². The SMILES string of the molecule is Cc1c2cccc(C(C)C)c2nn1C. The smallest absolute Gasteiger partial charge is 0.0960 e. The molecule has 0 amide bonds. The third-order valence-electron chi connectivity index (χ3n) is 2.81. The molecule has 0 unspecified atom stereocenters. The van der Waals surface area contributed by atoms with Crippen LogP contribution >= 0.6 is 0 Å². The number of fused-ring (bicyclic) bond motifs is 1. The standard InChI is InChI=1S/C12H16N2/c1-8(2)10-6-5-7-11-9(3)14(4)13-12(10)11/h5-8H,1-4H3. The van der Waals surface area contributed by atoms with Crippen molar-refractivity contribution in [3.8, 4) is 0 Å². The molecule has 0 N–H and O–H groups in total. The van der Waals surface area contributed by atoms with Crippen LogP contribution in [0.1, 0.15) is 31.0 Å². The molecule has 0 spiro atoms. The highest BCUT2D eigenvalue weighted by molar-refractivity contribution is 5.84. The minimum absolute atomic E-state index is 0.535. The van der Waals surface area contributed by atoms with Crippen molar-refractivity contribution in [1.29, 1.82) is 0 Å². The molecule has 0 aliphatic carbocycles. The van der Waals surface area contributed by atoms with E-state index < -0.39 is 0 Å². The van der Waals surface area contributed by atoms with Gasteiger partial charge < -0.3 is 0 Å². The lowest BCUT2D eigenvalue weighted by Crippen LogP contribution is -1.92. The third kappa shape index (κ3) is 1.22. The Hall–Kier alpha value is -1.31. The van der Waals surface area contributed by atoms with Crippen molar-refractivity contribution in [2.45, 2.75) is 26.7 Å². The summed E-state index contributed by atoms with van der Waals surface area (Å²) in [5, 5.41) is 5.83. The lowest BCUT2D eigenvalue weighted by Gasteiger charge is -2.04. The van der Waals surface area contributed by atoms with E-state index in [1.165, 1.54) is 16.6 Å². The molecule has 0 aliphatic rings. The summed E-state index contributed by atoms with van der Waals surface area (Å²) in [4.78, 5) is 0. The second kappa shape index (κ2) is 3.12. The molecule has 1 aromatic heterocycles. The van der Waals surface area contributed by atoms with Crippen LogP contribution in [-0.4, -0.2) is 9.78 Å². The van der Waals surface area contributed by atoms with E-state index in [1.807, 2.05) is 11.7 Å². The molecule has 74 valence electrons. The van der Waals surface area contributed by atoms with Crippen molar-refractivity contribution >= 4 is 10.9 Å². The molecule has 0 aliphatic heterocycles. The first kappa shape index (κ1) is 9.25. The fraction of sp³-hybridized carbons (Fsp3) is 0.417. The Bertz CT molecular complexity index is 466. The van der Waals surface area contributed by atoms with Crippen LogP contribution in [0.2, 0.25) is 0 Å². The number of aryl methyl sites for hydroxylation is 2. The zero-order valence-corrected chi connectivity index (χ0v) is 9.20. The van der Waals surface area contributed by atoms with Gasteiger partial charge in [-0.3, -0.25) is 4.68 Å². The summed E-state index contributed by atoms with van der Waals surface area (Å²) < 4.78 is 1.95. The Balaban J connectivity index is 2.81. The van der Waals surface area contributed by atoms with E-state index in [9.17, 15) is 0 Å². The molecule has 14 heavy (non-hydrogen) atoms. The second-order valence-electron chi connectivity index (χ2n) is 4.11. The van der Waals surface area contributed by atoms with Crippen LogP contribution in [0.5, 0.6) is 0 Å². The topological polar surface area (TPSA) is 17.8 Å². The van der Waals surface area contributed by atoms with Gasteiger partial charge in [-0.1, -0.05) is 32.0 Å². The highest BCUT2D eigenvalue weighted by atomic mass is 15.3. The Morgan fingerprint density at radius 3 is 2.64 bits per heavy atom. The molecule has 0 saturated carbocycles. The minimum Gasteiger partial charge on any atom is -0.272 e. The predicted octanol–water partition coefficient (Wildman–Crippen LogP) is 3.01. The van der Waals surface area contributed by atoms with Gasteiger partial charge in [-0.2, -0.15) is 5.10 Å².